The zero-order chi connectivity index (χ0) is 10.3. The van der Waals surface area contributed by atoms with Gasteiger partial charge >= 0.3 is 5.97 Å². The van der Waals surface area contributed by atoms with Gasteiger partial charge in [-0.1, -0.05) is 18.2 Å². The summed E-state index contributed by atoms with van der Waals surface area (Å²) in [5, 5.41) is 8.87. The number of hydrogen-bond donors (Lipinski definition) is 1. The van der Waals surface area contributed by atoms with Gasteiger partial charge in [0.15, 0.2) is 0 Å². The molecule has 0 spiro atoms. The van der Waals surface area contributed by atoms with E-state index >= 15 is 0 Å². The molecule has 2 unspecified atom stereocenters. The van der Waals surface area contributed by atoms with E-state index in [2.05, 4.69) is 26.0 Å². The van der Waals surface area contributed by atoms with Crippen LogP contribution in [0.15, 0.2) is 18.2 Å². The number of rotatable bonds is 2. The molecule has 2 heteroatoms. The van der Waals surface area contributed by atoms with Crippen LogP contribution in [0.4, 0.5) is 0 Å². The molecule has 1 N–H and O–H groups in total. The Hall–Kier alpha value is -1.31. The molecule has 0 bridgehead atoms. The maximum absolute atomic E-state index is 10.8. The number of benzene rings is 1. The Morgan fingerprint density at radius 1 is 1.36 bits per heavy atom. The van der Waals surface area contributed by atoms with Crippen molar-refractivity contribution in [2.24, 2.45) is 5.92 Å². The van der Waals surface area contributed by atoms with Gasteiger partial charge in [-0.25, -0.2) is 0 Å². The average molecular weight is 190 g/mol. The first-order valence-electron chi connectivity index (χ1n) is 4.90. The highest BCUT2D eigenvalue weighted by Gasteiger charge is 2.45. The molecule has 2 rings (SSSR count). The molecule has 1 saturated carbocycles. The molecule has 0 radical (unpaired) electrons. The number of aliphatic carboxylic acids is 1. The molecular formula is C12H14O2. The maximum Gasteiger partial charge on any atom is 0.307 e. The lowest BCUT2D eigenvalue weighted by molar-refractivity contribution is -0.138. The van der Waals surface area contributed by atoms with E-state index in [1.165, 1.54) is 16.7 Å². The monoisotopic (exact) mass is 190 g/mol. The second kappa shape index (κ2) is 3.12. The fraction of sp³-hybridized carbons (Fsp3) is 0.417. The molecule has 2 nitrogen and oxygen atoms in total. The van der Waals surface area contributed by atoms with Crippen molar-refractivity contribution in [1.82, 2.24) is 0 Å². The summed E-state index contributed by atoms with van der Waals surface area (Å²) in [7, 11) is 0. The Bertz CT molecular complexity index is 362. The molecule has 1 aliphatic carbocycles. The van der Waals surface area contributed by atoms with Crippen molar-refractivity contribution in [2.45, 2.75) is 26.2 Å². The molecule has 1 aromatic rings. The van der Waals surface area contributed by atoms with Crippen molar-refractivity contribution < 1.29 is 9.90 Å². The Morgan fingerprint density at radius 2 is 1.93 bits per heavy atom. The molecule has 1 aliphatic rings. The normalized spacial score (nSPS) is 24.7. The summed E-state index contributed by atoms with van der Waals surface area (Å²) in [6, 6.07) is 6.13. The van der Waals surface area contributed by atoms with Crippen molar-refractivity contribution in [1.29, 1.82) is 0 Å². The fourth-order valence-electron chi connectivity index (χ4n) is 2.20. The number of hydrogen-bond acceptors (Lipinski definition) is 1. The van der Waals surface area contributed by atoms with Crippen LogP contribution in [0.5, 0.6) is 0 Å². The van der Waals surface area contributed by atoms with Crippen molar-refractivity contribution in [2.75, 3.05) is 0 Å². The zero-order valence-electron chi connectivity index (χ0n) is 8.45. The summed E-state index contributed by atoms with van der Waals surface area (Å²) in [6.07, 6.45) is 0.807. The lowest BCUT2D eigenvalue weighted by Crippen LogP contribution is -2.00. The summed E-state index contributed by atoms with van der Waals surface area (Å²) >= 11 is 0. The molecule has 74 valence electrons. The predicted molar refractivity (Wildman–Crippen MR) is 54.4 cm³/mol. The molecule has 0 amide bonds. The highest BCUT2D eigenvalue weighted by atomic mass is 16.4. The first kappa shape index (κ1) is 9.25. The van der Waals surface area contributed by atoms with Gasteiger partial charge in [0.1, 0.15) is 0 Å². The van der Waals surface area contributed by atoms with Crippen molar-refractivity contribution in [3.05, 3.63) is 34.9 Å². The minimum Gasteiger partial charge on any atom is -0.481 e. The highest BCUT2D eigenvalue weighted by Crippen LogP contribution is 2.49. The third-order valence-corrected chi connectivity index (χ3v) is 3.02. The molecule has 0 aliphatic heterocycles. The van der Waals surface area contributed by atoms with E-state index in [1.54, 1.807) is 0 Å². The quantitative estimate of drug-likeness (QED) is 0.778. The lowest BCUT2D eigenvalue weighted by atomic mass is 9.98. The molecule has 14 heavy (non-hydrogen) atoms. The second-order valence-corrected chi connectivity index (χ2v) is 4.09. The summed E-state index contributed by atoms with van der Waals surface area (Å²) in [4.78, 5) is 10.8. The van der Waals surface area contributed by atoms with E-state index in [-0.39, 0.29) is 11.8 Å². The Balaban J connectivity index is 2.31. The van der Waals surface area contributed by atoms with Gasteiger partial charge in [0.2, 0.25) is 0 Å². The molecule has 1 fully saturated rings. The van der Waals surface area contributed by atoms with E-state index in [9.17, 15) is 4.79 Å². The van der Waals surface area contributed by atoms with Crippen LogP contribution in [-0.2, 0) is 4.79 Å². The molecule has 1 aromatic carbocycles. The minimum atomic E-state index is -0.655. The summed E-state index contributed by atoms with van der Waals surface area (Å²) < 4.78 is 0. The fourth-order valence-corrected chi connectivity index (χ4v) is 2.20. The molecule has 0 heterocycles. The Labute approximate surface area is 83.6 Å². The minimum absolute atomic E-state index is 0.144. The molecular weight excluding hydrogens is 176 g/mol. The van der Waals surface area contributed by atoms with Crippen LogP contribution in [0.3, 0.4) is 0 Å². The van der Waals surface area contributed by atoms with Crippen LogP contribution >= 0.6 is 0 Å². The number of carboxylic acids is 1. The molecule has 2 atom stereocenters. The van der Waals surface area contributed by atoms with Crippen LogP contribution in [0.25, 0.3) is 0 Å². The standard InChI is InChI=1S/C12H14O2/c1-7-4-3-5-8(2)11(7)9-6-10(9)12(13)14/h3-5,9-10H,6H2,1-2H3,(H,13,14). The van der Waals surface area contributed by atoms with Gasteiger partial charge in [0.25, 0.3) is 0 Å². The van der Waals surface area contributed by atoms with Gasteiger partial charge in [-0.05, 0) is 42.9 Å². The van der Waals surface area contributed by atoms with Crippen LogP contribution < -0.4 is 0 Å². The topological polar surface area (TPSA) is 37.3 Å². The largest absolute Gasteiger partial charge is 0.481 e. The average Bonchev–Trinajstić information content (AvgIpc) is 2.83. The maximum atomic E-state index is 10.8. The first-order valence-corrected chi connectivity index (χ1v) is 4.90. The number of carboxylic acid groups (broad SMARTS) is 1. The predicted octanol–water partition coefficient (Wildman–Crippen LogP) is 2.49. The van der Waals surface area contributed by atoms with Crippen molar-refractivity contribution in [3.63, 3.8) is 0 Å². The van der Waals surface area contributed by atoms with Crippen molar-refractivity contribution in [3.8, 4) is 0 Å². The summed E-state index contributed by atoms with van der Waals surface area (Å²) in [5.41, 5.74) is 3.69. The third kappa shape index (κ3) is 1.41. The van der Waals surface area contributed by atoms with E-state index in [0.29, 0.717) is 0 Å². The first-order chi connectivity index (χ1) is 6.61. The lowest BCUT2D eigenvalue weighted by Gasteiger charge is -2.07. The van der Waals surface area contributed by atoms with Crippen LogP contribution in [0.1, 0.15) is 29.0 Å². The second-order valence-electron chi connectivity index (χ2n) is 4.09. The van der Waals surface area contributed by atoms with Crippen LogP contribution in [-0.4, -0.2) is 11.1 Å². The van der Waals surface area contributed by atoms with Crippen LogP contribution in [0.2, 0.25) is 0 Å². The Morgan fingerprint density at radius 3 is 2.36 bits per heavy atom. The zero-order valence-corrected chi connectivity index (χ0v) is 8.45. The number of aryl methyl sites for hydroxylation is 2. The van der Waals surface area contributed by atoms with E-state index < -0.39 is 5.97 Å². The van der Waals surface area contributed by atoms with E-state index in [0.717, 1.165) is 6.42 Å². The van der Waals surface area contributed by atoms with E-state index in [1.807, 2.05) is 6.07 Å². The highest BCUT2D eigenvalue weighted by molar-refractivity contribution is 5.75. The summed E-state index contributed by atoms with van der Waals surface area (Å²) in [6.45, 7) is 4.11. The molecule has 0 saturated heterocycles. The number of carbonyl (C=O) groups is 1. The SMILES string of the molecule is Cc1cccc(C)c1C1CC1C(=O)O. The van der Waals surface area contributed by atoms with Gasteiger partial charge in [-0.2, -0.15) is 0 Å². The van der Waals surface area contributed by atoms with Crippen molar-refractivity contribution >= 4 is 5.97 Å². The summed E-state index contributed by atoms with van der Waals surface area (Å²) in [5.74, 6) is -0.541. The van der Waals surface area contributed by atoms with Gasteiger partial charge in [-0.3, -0.25) is 4.79 Å². The van der Waals surface area contributed by atoms with E-state index in [4.69, 9.17) is 5.11 Å². The smallest absolute Gasteiger partial charge is 0.307 e. The van der Waals surface area contributed by atoms with Crippen LogP contribution in [0, 0.1) is 19.8 Å². The van der Waals surface area contributed by atoms with Gasteiger partial charge in [-0.15, -0.1) is 0 Å². The van der Waals surface area contributed by atoms with Gasteiger partial charge in [0.05, 0.1) is 5.92 Å². The van der Waals surface area contributed by atoms with Gasteiger partial charge < -0.3 is 5.11 Å². The molecule has 0 aromatic heterocycles. The Kier molecular flexibility index (Phi) is 2.06. The van der Waals surface area contributed by atoms with Gasteiger partial charge in [0, 0.05) is 0 Å². The third-order valence-electron chi connectivity index (χ3n) is 3.02.